The van der Waals surface area contributed by atoms with Crippen LogP contribution in [0.3, 0.4) is 0 Å². The molecule has 2 aliphatic rings. The Morgan fingerprint density at radius 2 is 1.73 bits per heavy atom. The molecule has 0 aromatic heterocycles. The van der Waals surface area contributed by atoms with Crippen molar-refractivity contribution < 1.29 is 14.7 Å². The number of nitrogens with zero attached hydrogens (tertiary/aromatic N) is 1. The molecule has 2 aromatic rings. The summed E-state index contributed by atoms with van der Waals surface area (Å²) in [4.78, 5) is 30.2. The molecule has 5 nitrogen and oxygen atoms in total. The molecule has 2 amide bonds. The second-order valence-electron chi connectivity index (χ2n) is 9.20. The van der Waals surface area contributed by atoms with E-state index in [0.717, 1.165) is 41.7 Å². The normalized spacial score (nSPS) is 20.9. The zero-order valence-electron chi connectivity index (χ0n) is 19.7. The molecule has 176 valence electrons. The number of benzene rings is 2. The Morgan fingerprint density at radius 1 is 1.06 bits per heavy atom. The summed E-state index contributed by atoms with van der Waals surface area (Å²) in [5.41, 5.74) is 4.26. The van der Waals surface area contributed by atoms with Gasteiger partial charge in [0.15, 0.2) is 0 Å². The first-order chi connectivity index (χ1) is 16.0. The van der Waals surface area contributed by atoms with Gasteiger partial charge in [0.25, 0.3) is 0 Å². The Balaban J connectivity index is 1.66. The highest BCUT2D eigenvalue weighted by Crippen LogP contribution is 2.34. The number of aliphatic hydroxyl groups is 1. The van der Waals surface area contributed by atoms with E-state index in [1.54, 1.807) is 16.7 Å². The average Bonchev–Trinajstić information content (AvgIpc) is 3.27. The molecule has 1 aliphatic heterocycles. The number of rotatable bonds is 8. The average molecular weight is 467 g/mol. The predicted molar refractivity (Wildman–Crippen MR) is 132 cm³/mol. The van der Waals surface area contributed by atoms with Gasteiger partial charge in [-0.1, -0.05) is 57.0 Å². The third kappa shape index (κ3) is 4.69. The molecule has 6 heteroatoms. The third-order valence-corrected chi connectivity index (χ3v) is 8.15. The first-order valence-electron chi connectivity index (χ1n) is 11.9. The van der Waals surface area contributed by atoms with Gasteiger partial charge in [-0.2, -0.15) is 0 Å². The highest BCUT2D eigenvalue weighted by Gasteiger charge is 2.47. The van der Waals surface area contributed by atoms with Crippen LogP contribution in [-0.4, -0.2) is 40.2 Å². The zero-order chi connectivity index (χ0) is 23.5. The maximum atomic E-state index is 13.9. The molecule has 0 unspecified atom stereocenters. The molecule has 2 N–H and O–H groups in total. The molecule has 0 radical (unpaired) electrons. The molecule has 1 saturated heterocycles. The Kier molecular flexibility index (Phi) is 7.45. The Hall–Kier alpha value is -2.31. The molecule has 1 fully saturated rings. The van der Waals surface area contributed by atoms with Crippen molar-refractivity contribution in [2.75, 3.05) is 6.26 Å². The van der Waals surface area contributed by atoms with Gasteiger partial charge in [0.05, 0.1) is 6.61 Å². The maximum absolute atomic E-state index is 13.9. The van der Waals surface area contributed by atoms with Crippen molar-refractivity contribution in [3.63, 3.8) is 0 Å². The summed E-state index contributed by atoms with van der Waals surface area (Å²) in [5, 5.41) is 13.1. The van der Waals surface area contributed by atoms with Crippen molar-refractivity contribution in [2.45, 2.75) is 69.7 Å². The summed E-state index contributed by atoms with van der Waals surface area (Å²) in [6.07, 6.45) is 5.27. The van der Waals surface area contributed by atoms with Crippen molar-refractivity contribution in [1.82, 2.24) is 10.2 Å². The topological polar surface area (TPSA) is 69.6 Å². The summed E-state index contributed by atoms with van der Waals surface area (Å²) >= 11 is 1.62. The highest BCUT2D eigenvalue weighted by molar-refractivity contribution is 7.98. The lowest BCUT2D eigenvalue weighted by atomic mass is 9.85. The molecule has 0 saturated carbocycles. The van der Waals surface area contributed by atoms with Gasteiger partial charge < -0.3 is 15.3 Å². The Labute approximate surface area is 201 Å². The predicted octanol–water partition coefficient (Wildman–Crippen LogP) is 3.95. The number of aliphatic hydroxyl groups excluding tert-OH is 1. The zero-order valence-corrected chi connectivity index (χ0v) is 20.5. The number of carbonyl (C=O) groups excluding carboxylic acids is 2. The summed E-state index contributed by atoms with van der Waals surface area (Å²) < 4.78 is 0. The van der Waals surface area contributed by atoms with E-state index in [1.807, 2.05) is 36.6 Å². The van der Waals surface area contributed by atoms with Crippen molar-refractivity contribution in [1.29, 1.82) is 0 Å². The van der Waals surface area contributed by atoms with E-state index in [1.165, 1.54) is 11.1 Å². The summed E-state index contributed by atoms with van der Waals surface area (Å²) in [6, 6.07) is 13.3. The fraction of sp³-hybridized carbons (Fsp3) is 0.481. The number of piperazine rings is 1. The number of amides is 2. The van der Waals surface area contributed by atoms with Crippen LogP contribution < -0.4 is 5.32 Å². The number of fused-ring (bicyclic) bond motifs is 1. The lowest BCUT2D eigenvalue weighted by Crippen LogP contribution is -2.66. The summed E-state index contributed by atoms with van der Waals surface area (Å²) in [6.45, 7) is 4.41. The van der Waals surface area contributed by atoms with Gasteiger partial charge in [-0.05, 0) is 65.3 Å². The van der Waals surface area contributed by atoms with Crippen LogP contribution in [0.15, 0.2) is 47.4 Å². The van der Waals surface area contributed by atoms with E-state index in [9.17, 15) is 14.7 Å². The van der Waals surface area contributed by atoms with Gasteiger partial charge in [0.2, 0.25) is 11.8 Å². The number of carbonyl (C=O) groups is 2. The van der Waals surface area contributed by atoms with Crippen LogP contribution in [-0.2, 0) is 35.6 Å². The van der Waals surface area contributed by atoms with Gasteiger partial charge in [0.1, 0.15) is 12.1 Å². The van der Waals surface area contributed by atoms with Crippen molar-refractivity contribution in [3.8, 4) is 0 Å². The van der Waals surface area contributed by atoms with E-state index < -0.39 is 12.1 Å². The molecule has 1 aliphatic carbocycles. The van der Waals surface area contributed by atoms with Crippen molar-refractivity contribution in [2.24, 2.45) is 11.8 Å². The SMILES string of the molecule is CCC(CC)[C@@H]1C(=O)N[C@H](C2Cc3ccccc3C2)C(=O)N1Cc1ccc(SC)cc1CO. The molecule has 2 aromatic carbocycles. The van der Waals surface area contributed by atoms with Crippen LogP contribution in [0.1, 0.15) is 48.9 Å². The van der Waals surface area contributed by atoms with Crippen LogP contribution >= 0.6 is 11.8 Å². The highest BCUT2D eigenvalue weighted by atomic mass is 32.2. The van der Waals surface area contributed by atoms with Gasteiger partial charge in [0, 0.05) is 11.4 Å². The second-order valence-corrected chi connectivity index (χ2v) is 10.1. The lowest BCUT2D eigenvalue weighted by Gasteiger charge is -2.44. The Morgan fingerprint density at radius 3 is 2.30 bits per heavy atom. The summed E-state index contributed by atoms with van der Waals surface area (Å²) in [5.74, 6) is 0.122. The molecular formula is C27H34N2O3S. The van der Waals surface area contributed by atoms with E-state index in [0.29, 0.717) is 6.54 Å². The third-order valence-electron chi connectivity index (χ3n) is 7.43. The first-order valence-corrected chi connectivity index (χ1v) is 13.2. The quantitative estimate of drug-likeness (QED) is 0.578. The standard InChI is InChI=1S/C27H34N2O3S/c1-4-17(5-2)25-26(31)28-24(21-12-18-8-6-7-9-19(18)13-21)27(32)29(25)15-20-10-11-23(33-3)14-22(20)16-30/h6-11,14,17,21,24-25,30H,4-5,12-13,15-16H2,1-3H3,(H,28,31)/t24-,25-/m1/s1. The largest absolute Gasteiger partial charge is 0.392 e. The lowest BCUT2D eigenvalue weighted by molar-refractivity contribution is -0.154. The van der Waals surface area contributed by atoms with Crippen molar-refractivity contribution in [3.05, 3.63) is 64.7 Å². The van der Waals surface area contributed by atoms with E-state index in [4.69, 9.17) is 0 Å². The van der Waals surface area contributed by atoms with Gasteiger partial charge in [-0.25, -0.2) is 0 Å². The fourth-order valence-corrected chi connectivity index (χ4v) is 5.96. The molecule has 1 heterocycles. The maximum Gasteiger partial charge on any atom is 0.246 e. The monoisotopic (exact) mass is 466 g/mol. The summed E-state index contributed by atoms with van der Waals surface area (Å²) in [7, 11) is 0. The van der Waals surface area contributed by atoms with Crippen LogP contribution in [0, 0.1) is 11.8 Å². The minimum absolute atomic E-state index is 0.00198. The van der Waals surface area contributed by atoms with Crippen LogP contribution in [0.25, 0.3) is 0 Å². The first kappa shape index (κ1) is 23.8. The van der Waals surface area contributed by atoms with E-state index >= 15 is 0 Å². The molecule has 4 rings (SSSR count). The molecule has 0 spiro atoms. The molecular weight excluding hydrogens is 432 g/mol. The smallest absolute Gasteiger partial charge is 0.246 e. The van der Waals surface area contributed by atoms with Gasteiger partial charge >= 0.3 is 0 Å². The van der Waals surface area contributed by atoms with Crippen LogP contribution in [0.2, 0.25) is 0 Å². The van der Waals surface area contributed by atoms with E-state index in [-0.39, 0.29) is 30.3 Å². The second kappa shape index (κ2) is 10.3. The molecule has 2 atom stereocenters. The molecule has 0 bridgehead atoms. The van der Waals surface area contributed by atoms with E-state index in [2.05, 4.69) is 31.3 Å². The van der Waals surface area contributed by atoms with Gasteiger partial charge in [-0.3, -0.25) is 9.59 Å². The van der Waals surface area contributed by atoms with Crippen molar-refractivity contribution >= 4 is 23.6 Å². The van der Waals surface area contributed by atoms with Crippen LogP contribution in [0.4, 0.5) is 0 Å². The number of hydrogen-bond acceptors (Lipinski definition) is 4. The van der Waals surface area contributed by atoms with Crippen LogP contribution in [0.5, 0.6) is 0 Å². The number of thioether (sulfide) groups is 1. The van der Waals surface area contributed by atoms with Gasteiger partial charge in [-0.15, -0.1) is 11.8 Å². The Bertz CT molecular complexity index is 995. The number of hydrogen-bond donors (Lipinski definition) is 2. The fourth-order valence-electron chi connectivity index (χ4n) is 5.50. The number of nitrogens with one attached hydrogen (secondary N) is 1. The minimum Gasteiger partial charge on any atom is -0.392 e. The molecule has 33 heavy (non-hydrogen) atoms. The minimum atomic E-state index is -0.515.